The third-order valence-corrected chi connectivity index (χ3v) is 2.58. The predicted molar refractivity (Wildman–Crippen MR) is 79.4 cm³/mol. The van der Waals surface area contributed by atoms with Crippen molar-refractivity contribution in [1.82, 2.24) is 10.6 Å². The summed E-state index contributed by atoms with van der Waals surface area (Å²) in [6, 6.07) is 7.12. The minimum absolute atomic E-state index is 0.0374. The van der Waals surface area contributed by atoms with E-state index in [4.69, 9.17) is 9.47 Å². The van der Waals surface area contributed by atoms with Gasteiger partial charge >= 0.3 is 0 Å². The molecule has 0 aliphatic rings. The number of amides is 2. The summed E-state index contributed by atoms with van der Waals surface area (Å²) in [5, 5.41) is 8.12. The highest BCUT2D eigenvalue weighted by Gasteiger charge is 2.07. The summed E-state index contributed by atoms with van der Waals surface area (Å²) in [4.78, 5) is 23.1. The Kier molecular flexibility index (Phi) is 7.85. The van der Waals surface area contributed by atoms with Crippen LogP contribution >= 0.6 is 0 Å². The fourth-order valence-electron chi connectivity index (χ4n) is 1.59. The summed E-state index contributed by atoms with van der Waals surface area (Å²) >= 11 is 0. The molecule has 0 aliphatic carbocycles. The quantitative estimate of drug-likeness (QED) is 0.558. The van der Waals surface area contributed by atoms with E-state index < -0.39 is 0 Å². The molecule has 0 bridgehead atoms. The highest BCUT2D eigenvalue weighted by Crippen LogP contribution is 2.22. The second kappa shape index (κ2) is 9.73. The number of para-hydroxylation sites is 2. The van der Waals surface area contributed by atoms with Gasteiger partial charge in [0.25, 0.3) is 0 Å². The molecule has 0 spiro atoms. The molecule has 3 N–H and O–H groups in total. The zero-order valence-electron chi connectivity index (χ0n) is 12.3. The number of methoxy groups -OCH3 is 2. The Morgan fingerprint density at radius 3 is 2.52 bits per heavy atom. The topological polar surface area (TPSA) is 88.7 Å². The van der Waals surface area contributed by atoms with Gasteiger partial charge in [0.2, 0.25) is 11.8 Å². The lowest BCUT2D eigenvalue weighted by atomic mass is 10.3. The summed E-state index contributed by atoms with van der Waals surface area (Å²) in [6.45, 7) is 1.02. The van der Waals surface area contributed by atoms with Crippen LogP contribution in [0.2, 0.25) is 0 Å². The van der Waals surface area contributed by atoms with Gasteiger partial charge in [-0.05, 0) is 12.1 Å². The van der Waals surface area contributed by atoms with E-state index in [1.165, 1.54) is 7.11 Å². The van der Waals surface area contributed by atoms with E-state index in [-0.39, 0.29) is 24.9 Å². The summed E-state index contributed by atoms with van der Waals surface area (Å²) in [5.41, 5.74) is 0.594. The molecular formula is C14H21N3O4. The number of anilines is 1. The summed E-state index contributed by atoms with van der Waals surface area (Å²) < 4.78 is 9.94. The van der Waals surface area contributed by atoms with Gasteiger partial charge in [0, 0.05) is 13.7 Å². The van der Waals surface area contributed by atoms with Crippen molar-refractivity contribution in [3.63, 3.8) is 0 Å². The van der Waals surface area contributed by atoms with Crippen LogP contribution in [0.15, 0.2) is 24.3 Å². The van der Waals surface area contributed by atoms with Crippen molar-refractivity contribution in [1.29, 1.82) is 0 Å². The van der Waals surface area contributed by atoms with Crippen LogP contribution in [0, 0.1) is 0 Å². The Morgan fingerprint density at radius 2 is 1.81 bits per heavy atom. The van der Waals surface area contributed by atoms with Gasteiger partial charge in [-0.3, -0.25) is 14.9 Å². The molecule has 0 saturated carbocycles. The van der Waals surface area contributed by atoms with Crippen molar-refractivity contribution in [2.75, 3.05) is 45.8 Å². The van der Waals surface area contributed by atoms with E-state index in [0.29, 0.717) is 24.6 Å². The maximum Gasteiger partial charge on any atom is 0.238 e. The van der Waals surface area contributed by atoms with Gasteiger partial charge in [0.15, 0.2) is 0 Å². The lowest BCUT2D eigenvalue weighted by Gasteiger charge is -2.10. The fourth-order valence-corrected chi connectivity index (χ4v) is 1.59. The molecule has 0 aromatic heterocycles. The van der Waals surface area contributed by atoms with E-state index in [1.54, 1.807) is 25.3 Å². The number of carbonyl (C=O) groups is 2. The molecule has 2 amide bonds. The normalized spacial score (nSPS) is 10.0. The average Bonchev–Trinajstić information content (AvgIpc) is 2.48. The molecule has 0 aliphatic heterocycles. The second-order valence-electron chi connectivity index (χ2n) is 4.19. The maximum absolute atomic E-state index is 11.7. The number of rotatable bonds is 9. The van der Waals surface area contributed by atoms with Crippen LogP contribution in [0.3, 0.4) is 0 Å². The Hall–Kier alpha value is -2.12. The minimum atomic E-state index is -0.246. The molecule has 0 unspecified atom stereocenters. The molecule has 1 rings (SSSR count). The van der Waals surface area contributed by atoms with Crippen LogP contribution < -0.4 is 20.7 Å². The highest BCUT2D eigenvalue weighted by molar-refractivity contribution is 5.94. The van der Waals surface area contributed by atoms with Gasteiger partial charge in [-0.25, -0.2) is 0 Å². The molecular weight excluding hydrogens is 274 g/mol. The molecule has 116 valence electrons. The van der Waals surface area contributed by atoms with Crippen molar-refractivity contribution in [2.24, 2.45) is 0 Å². The number of carbonyl (C=O) groups excluding carboxylic acids is 2. The molecule has 0 saturated heterocycles. The second-order valence-corrected chi connectivity index (χ2v) is 4.19. The molecule has 1 aromatic carbocycles. The number of benzene rings is 1. The lowest BCUT2D eigenvalue weighted by Crippen LogP contribution is -2.38. The molecule has 0 radical (unpaired) electrons. The van der Waals surface area contributed by atoms with Gasteiger partial charge in [-0.15, -0.1) is 0 Å². The van der Waals surface area contributed by atoms with Gasteiger partial charge in [0.05, 0.1) is 32.5 Å². The number of hydrogen-bond acceptors (Lipinski definition) is 5. The van der Waals surface area contributed by atoms with E-state index in [0.717, 1.165) is 0 Å². The molecule has 7 heteroatoms. The Balaban J connectivity index is 2.26. The average molecular weight is 295 g/mol. The van der Waals surface area contributed by atoms with Gasteiger partial charge in [0.1, 0.15) is 5.75 Å². The third-order valence-electron chi connectivity index (χ3n) is 2.58. The summed E-state index contributed by atoms with van der Waals surface area (Å²) in [6.07, 6.45) is 0. The van der Waals surface area contributed by atoms with Crippen LogP contribution in [0.1, 0.15) is 0 Å². The molecule has 1 aromatic rings. The van der Waals surface area contributed by atoms with Crippen molar-refractivity contribution in [3.05, 3.63) is 24.3 Å². The minimum Gasteiger partial charge on any atom is -0.495 e. The van der Waals surface area contributed by atoms with Crippen molar-refractivity contribution >= 4 is 17.5 Å². The molecule has 0 fully saturated rings. The van der Waals surface area contributed by atoms with E-state index >= 15 is 0 Å². The number of ether oxygens (including phenoxy) is 2. The van der Waals surface area contributed by atoms with Gasteiger partial charge < -0.3 is 20.1 Å². The van der Waals surface area contributed by atoms with Crippen LogP contribution in [0.25, 0.3) is 0 Å². The Morgan fingerprint density at radius 1 is 1.10 bits per heavy atom. The van der Waals surface area contributed by atoms with Crippen molar-refractivity contribution < 1.29 is 19.1 Å². The standard InChI is InChI=1S/C14H21N3O4/c1-20-8-7-16-13(18)9-15-10-14(19)17-11-5-3-4-6-12(11)21-2/h3-6,15H,7-10H2,1-2H3,(H,16,18)(H,17,19). The summed E-state index contributed by atoms with van der Waals surface area (Å²) in [7, 11) is 3.10. The first-order chi connectivity index (χ1) is 10.2. The number of nitrogens with one attached hydrogen (secondary N) is 3. The first-order valence-corrected chi connectivity index (χ1v) is 6.56. The highest BCUT2D eigenvalue weighted by atomic mass is 16.5. The SMILES string of the molecule is COCCNC(=O)CNCC(=O)Nc1ccccc1OC. The first-order valence-electron chi connectivity index (χ1n) is 6.56. The van der Waals surface area contributed by atoms with Crippen LogP contribution in [0.4, 0.5) is 5.69 Å². The molecule has 21 heavy (non-hydrogen) atoms. The largest absolute Gasteiger partial charge is 0.495 e. The van der Waals surface area contributed by atoms with E-state index in [9.17, 15) is 9.59 Å². The number of hydrogen-bond donors (Lipinski definition) is 3. The van der Waals surface area contributed by atoms with Gasteiger partial charge in [-0.1, -0.05) is 12.1 Å². The van der Waals surface area contributed by atoms with Crippen LogP contribution in [-0.2, 0) is 14.3 Å². The maximum atomic E-state index is 11.7. The fraction of sp³-hybridized carbons (Fsp3) is 0.429. The first kappa shape index (κ1) is 16.9. The zero-order valence-corrected chi connectivity index (χ0v) is 12.3. The third kappa shape index (κ3) is 6.73. The lowest BCUT2D eigenvalue weighted by molar-refractivity contribution is -0.120. The Bertz CT molecular complexity index is 465. The van der Waals surface area contributed by atoms with Gasteiger partial charge in [-0.2, -0.15) is 0 Å². The smallest absolute Gasteiger partial charge is 0.238 e. The van der Waals surface area contributed by atoms with Crippen LogP contribution in [0.5, 0.6) is 5.75 Å². The Labute approximate surface area is 124 Å². The molecule has 7 nitrogen and oxygen atoms in total. The van der Waals surface area contributed by atoms with Crippen molar-refractivity contribution in [3.8, 4) is 5.75 Å². The summed E-state index contributed by atoms with van der Waals surface area (Å²) in [5.74, 6) is 0.157. The monoisotopic (exact) mass is 295 g/mol. The van der Waals surface area contributed by atoms with E-state index in [2.05, 4.69) is 16.0 Å². The van der Waals surface area contributed by atoms with Crippen molar-refractivity contribution in [2.45, 2.75) is 0 Å². The molecule has 0 heterocycles. The molecule has 0 atom stereocenters. The van der Waals surface area contributed by atoms with Crippen LogP contribution in [-0.4, -0.2) is 52.3 Å². The van der Waals surface area contributed by atoms with E-state index in [1.807, 2.05) is 6.07 Å². The predicted octanol–water partition coefficient (Wildman–Crippen LogP) is -0.0141. The zero-order chi connectivity index (χ0) is 15.5.